The number of fused-ring (bicyclic) bond motifs is 1. The van der Waals surface area contributed by atoms with E-state index in [0.717, 1.165) is 49.3 Å². The predicted molar refractivity (Wildman–Crippen MR) is 79.1 cm³/mol. The molecule has 0 spiro atoms. The molecule has 2 rings (SSSR count). The number of thiazole rings is 1. The maximum atomic E-state index is 5.33. The molecule has 106 valence electrons. The third-order valence-electron chi connectivity index (χ3n) is 3.31. The molecule has 0 aliphatic carbocycles. The smallest absolute Gasteiger partial charge is 0.237 e. The summed E-state index contributed by atoms with van der Waals surface area (Å²) in [5.74, 6) is 0.724. The van der Waals surface area contributed by atoms with Gasteiger partial charge in [-0.15, -0.1) is 11.3 Å². The maximum Gasteiger partial charge on any atom is 0.237 e. The van der Waals surface area contributed by atoms with Gasteiger partial charge < -0.3 is 15.0 Å². The molecule has 0 amide bonds. The number of rotatable bonds is 8. The topological polar surface area (TPSA) is 41.8 Å². The van der Waals surface area contributed by atoms with Gasteiger partial charge in [-0.3, -0.25) is 4.40 Å². The first-order chi connectivity index (χ1) is 9.30. The number of likely N-dealkylation sites (N-methyl/N-ethyl adjacent to an activating group) is 1. The first-order valence-electron chi connectivity index (χ1n) is 6.71. The van der Waals surface area contributed by atoms with E-state index < -0.39 is 0 Å². The Morgan fingerprint density at radius 3 is 2.89 bits per heavy atom. The summed E-state index contributed by atoms with van der Waals surface area (Å²) >= 11 is 1.62. The molecule has 0 aromatic carbocycles. The van der Waals surface area contributed by atoms with Crippen LogP contribution in [-0.4, -0.2) is 47.6 Å². The van der Waals surface area contributed by atoms with E-state index in [-0.39, 0.29) is 0 Å². The molecule has 0 atom stereocenters. The standard InChI is InChI=1S/C13H22N4OS/c1-4-16(5-2)7-6-14-10-11-12(18-3)15-13-17(11)8-9-19-13/h8-9,14H,4-7,10H2,1-3H3. The monoisotopic (exact) mass is 282 g/mol. The lowest BCUT2D eigenvalue weighted by molar-refractivity contribution is 0.301. The van der Waals surface area contributed by atoms with Crippen LogP contribution in [0.4, 0.5) is 0 Å². The van der Waals surface area contributed by atoms with Crippen LogP contribution in [0.3, 0.4) is 0 Å². The van der Waals surface area contributed by atoms with Crippen molar-refractivity contribution in [1.29, 1.82) is 0 Å². The number of nitrogens with one attached hydrogen (secondary N) is 1. The second-order valence-electron chi connectivity index (χ2n) is 4.33. The third-order valence-corrected chi connectivity index (χ3v) is 4.07. The van der Waals surface area contributed by atoms with Gasteiger partial charge in [0, 0.05) is 31.2 Å². The first kappa shape index (κ1) is 14.3. The van der Waals surface area contributed by atoms with Crippen LogP contribution in [0, 0.1) is 0 Å². The molecule has 0 saturated carbocycles. The number of aromatic nitrogens is 2. The number of imidazole rings is 1. The van der Waals surface area contributed by atoms with Gasteiger partial charge in [0.1, 0.15) is 5.69 Å². The van der Waals surface area contributed by atoms with Crippen LogP contribution in [0.25, 0.3) is 4.96 Å². The summed E-state index contributed by atoms with van der Waals surface area (Å²) in [6.07, 6.45) is 2.04. The average molecular weight is 282 g/mol. The van der Waals surface area contributed by atoms with E-state index in [1.54, 1.807) is 18.4 Å². The number of ether oxygens (including phenoxy) is 1. The van der Waals surface area contributed by atoms with Crippen LogP contribution in [-0.2, 0) is 6.54 Å². The lowest BCUT2D eigenvalue weighted by atomic mass is 10.4. The number of methoxy groups -OCH3 is 1. The zero-order chi connectivity index (χ0) is 13.7. The van der Waals surface area contributed by atoms with Crippen LogP contribution in [0.1, 0.15) is 19.5 Å². The second kappa shape index (κ2) is 6.88. The highest BCUT2D eigenvalue weighted by Gasteiger charge is 2.12. The molecule has 0 radical (unpaired) electrons. The van der Waals surface area contributed by atoms with Gasteiger partial charge in [-0.2, -0.15) is 4.98 Å². The molecule has 0 aliphatic heterocycles. The summed E-state index contributed by atoms with van der Waals surface area (Å²) in [4.78, 5) is 7.83. The highest BCUT2D eigenvalue weighted by molar-refractivity contribution is 7.15. The summed E-state index contributed by atoms with van der Waals surface area (Å²) in [6.45, 7) is 9.41. The van der Waals surface area contributed by atoms with E-state index in [2.05, 4.69) is 33.4 Å². The Kier molecular flexibility index (Phi) is 5.18. The summed E-state index contributed by atoms with van der Waals surface area (Å²) < 4.78 is 7.42. The second-order valence-corrected chi connectivity index (χ2v) is 5.20. The third kappa shape index (κ3) is 3.26. The fourth-order valence-corrected chi connectivity index (χ4v) is 2.85. The van der Waals surface area contributed by atoms with Crippen LogP contribution in [0.5, 0.6) is 5.88 Å². The Hall–Kier alpha value is -1.11. The van der Waals surface area contributed by atoms with Crippen LogP contribution in [0.2, 0.25) is 0 Å². The van der Waals surface area contributed by atoms with Crippen molar-refractivity contribution in [1.82, 2.24) is 19.6 Å². The van der Waals surface area contributed by atoms with E-state index >= 15 is 0 Å². The molecule has 2 heterocycles. The van der Waals surface area contributed by atoms with Crippen molar-refractivity contribution in [3.63, 3.8) is 0 Å². The van der Waals surface area contributed by atoms with Gasteiger partial charge in [-0.25, -0.2) is 0 Å². The van der Waals surface area contributed by atoms with Gasteiger partial charge in [-0.05, 0) is 13.1 Å². The van der Waals surface area contributed by atoms with Crippen LogP contribution < -0.4 is 10.1 Å². The number of nitrogens with zero attached hydrogens (tertiary/aromatic N) is 3. The number of hydrogen-bond acceptors (Lipinski definition) is 5. The Bertz CT molecular complexity index is 504. The van der Waals surface area contributed by atoms with Crippen molar-refractivity contribution in [3.8, 4) is 5.88 Å². The van der Waals surface area contributed by atoms with E-state index in [9.17, 15) is 0 Å². The molecule has 0 saturated heterocycles. The fourth-order valence-electron chi connectivity index (χ4n) is 2.12. The Morgan fingerprint density at radius 1 is 1.42 bits per heavy atom. The average Bonchev–Trinajstić information content (AvgIpc) is 3.00. The predicted octanol–water partition coefficient (Wildman–Crippen LogP) is 1.84. The molecular weight excluding hydrogens is 260 g/mol. The van der Waals surface area contributed by atoms with Gasteiger partial charge >= 0.3 is 0 Å². The molecule has 6 heteroatoms. The van der Waals surface area contributed by atoms with Gasteiger partial charge in [0.05, 0.1) is 7.11 Å². The van der Waals surface area contributed by atoms with Crippen LogP contribution in [0.15, 0.2) is 11.6 Å². The molecule has 0 fully saturated rings. The lowest BCUT2D eigenvalue weighted by Crippen LogP contribution is -2.31. The summed E-state index contributed by atoms with van der Waals surface area (Å²) in [6, 6.07) is 0. The molecule has 5 nitrogen and oxygen atoms in total. The molecule has 1 N–H and O–H groups in total. The van der Waals surface area contributed by atoms with E-state index in [1.165, 1.54) is 0 Å². The Balaban J connectivity index is 1.92. The quantitative estimate of drug-likeness (QED) is 0.750. The Morgan fingerprint density at radius 2 is 2.21 bits per heavy atom. The van der Waals surface area contributed by atoms with Gasteiger partial charge in [0.15, 0.2) is 4.96 Å². The molecule has 2 aromatic rings. The fraction of sp³-hybridized carbons (Fsp3) is 0.615. The minimum Gasteiger partial charge on any atom is -0.480 e. The first-order valence-corrected chi connectivity index (χ1v) is 7.59. The largest absolute Gasteiger partial charge is 0.480 e. The highest BCUT2D eigenvalue weighted by Crippen LogP contribution is 2.22. The SMILES string of the molecule is CCN(CC)CCNCc1c(OC)nc2sccn12. The van der Waals surface area contributed by atoms with Crippen molar-refractivity contribution in [2.75, 3.05) is 33.3 Å². The molecule has 19 heavy (non-hydrogen) atoms. The summed E-state index contributed by atoms with van der Waals surface area (Å²) in [7, 11) is 1.67. The van der Waals surface area contributed by atoms with E-state index in [4.69, 9.17) is 4.74 Å². The van der Waals surface area contributed by atoms with Crippen molar-refractivity contribution >= 4 is 16.3 Å². The molecule has 0 aliphatic rings. The maximum absolute atomic E-state index is 5.33. The van der Waals surface area contributed by atoms with Gasteiger partial charge in [0.2, 0.25) is 5.88 Å². The highest BCUT2D eigenvalue weighted by atomic mass is 32.1. The lowest BCUT2D eigenvalue weighted by Gasteiger charge is -2.17. The van der Waals surface area contributed by atoms with Crippen molar-refractivity contribution in [2.24, 2.45) is 0 Å². The summed E-state index contributed by atoms with van der Waals surface area (Å²) in [5.41, 5.74) is 1.10. The van der Waals surface area contributed by atoms with Crippen LogP contribution >= 0.6 is 11.3 Å². The van der Waals surface area contributed by atoms with Crippen molar-refractivity contribution in [2.45, 2.75) is 20.4 Å². The molecule has 2 aromatic heterocycles. The van der Waals surface area contributed by atoms with Crippen molar-refractivity contribution < 1.29 is 4.74 Å². The van der Waals surface area contributed by atoms with Crippen molar-refractivity contribution in [3.05, 3.63) is 17.3 Å². The molecule has 0 bridgehead atoms. The van der Waals surface area contributed by atoms with E-state index in [1.807, 2.05) is 11.6 Å². The number of hydrogen-bond donors (Lipinski definition) is 1. The minimum absolute atomic E-state index is 0.724. The van der Waals surface area contributed by atoms with E-state index in [0.29, 0.717) is 0 Å². The Labute approximate surface area is 118 Å². The molecule has 0 unspecified atom stereocenters. The minimum atomic E-state index is 0.724. The van der Waals surface area contributed by atoms with Gasteiger partial charge in [0.25, 0.3) is 0 Å². The normalized spacial score (nSPS) is 11.6. The van der Waals surface area contributed by atoms with Gasteiger partial charge in [-0.1, -0.05) is 13.8 Å². The zero-order valence-electron chi connectivity index (χ0n) is 11.8. The zero-order valence-corrected chi connectivity index (χ0v) is 12.7. The molecular formula is C13H22N4OS. The summed E-state index contributed by atoms with van der Waals surface area (Å²) in [5, 5.41) is 5.51.